The van der Waals surface area contributed by atoms with Gasteiger partial charge in [-0.1, -0.05) is 46.5 Å². The highest BCUT2D eigenvalue weighted by molar-refractivity contribution is 5.69. The number of ether oxygens (including phenoxy) is 5. The summed E-state index contributed by atoms with van der Waals surface area (Å²) in [4.78, 5) is 22.1. The minimum Gasteiger partial charge on any atom is -0.466 e. The van der Waals surface area contributed by atoms with Crippen molar-refractivity contribution in [3.05, 3.63) is 0 Å². The standard InChI is InChI=1S/C14H28O4.C14H28O3/c1-4-13(12-16-3)18-11-9-7-6-8-10-14(15)17-5-2;1-4-13(5-2)17-12-10-8-7-9-11-14(15)16-6-3/h13H,4-12H2,1-3H3;13H,4-12H2,1-3H3. The highest BCUT2D eigenvalue weighted by Crippen LogP contribution is 2.08. The van der Waals surface area contributed by atoms with E-state index in [2.05, 4.69) is 20.8 Å². The van der Waals surface area contributed by atoms with E-state index < -0.39 is 0 Å². The van der Waals surface area contributed by atoms with Gasteiger partial charge >= 0.3 is 11.9 Å². The minimum absolute atomic E-state index is 0.0687. The maximum absolute atomic E-state index is 11.1. The maximum Gasteiger partial charge on any atom is 0.305 e. The fourth-order valence-electron chi connectivity index (χ4n) is 3.41. The van der Waals surface area contributed by atoms with Gasteiger partial charge in [-0.15, -0.1) is 0 Å². The average Bonchev–Trinajstić information content (AvgIpc) is 2.85. The number of unbranched alkanes of at least 4 members (excludes halogenated alkanes) is 6. The van der Waals surface area contributed by atoms with Gasteiger partial charge in [-0.3, -0.25) is 9.59 Å². The Morgan fingerprint density at radius 1 is 0.571 bits per heavy atom. The number of methoxy groups -OCH3 is 1. The lowest BCUT2D eigenvalue weighted by Crippen LogP contribution is -2.18. The second-order valence-corrected chi connectivity index (χ2v) is 8.60. The van der Waals surface area contributed by atoms with E-state index in [9.17, 15) is 9.59 Å². The molecule has 210 valence electrons. The molecule has 0 spiro atoms. The molecule has 7 heteroatoms. The van der Waals surface area contributed by atoms with Gasteiger partial charge in [0.2, 0.25) is 0 Å². The van der Waals surface area contributed by atoms with E-state index in [-0.39, 0.29) is 18.0 Å². The van der Waals surface area contributed by atoms with Crippen molar-refractivity contribution in [3.63, 3.8) is 0 Å². The van der Waals surface area contributed by atoms with Crippen molar-refractivity contribution < 1.29 is 33.3 Å². The lowest BCUT2D eigenvalue weighted by atomic mass is 10.1. The summed E-state index contributed by atoms with van der Waals surface area (Å²) in [7, 11) is 1.70. The summed E-state index contributed by atoms with van der Waals surface area (Å²) in [6.45, 7) is 13.4. The molecule has 0 bridgehead atoms. The van der Waals surface area contributed by atoms with Crippen LogP contribution in [-0.4, -0.2) is 64.3 Å². The second kappa shape index (κ2) is 29.1. The van der Waals surface area contributed by atoms with Crippen LogP contribution in [0.15, 0.2) is 0 Å². The van der Waals surface area contributed by atoms with Crippen LogP contribution in [0, 0.1) is 0 Å². The van der Waals surface area contributed by atoms with Gasteiger partial charge in [0.15, 0.2) is 0 Å². The molecular formula is C28H56O7. The van der Waals surface area contributed by atoms with Crippen LogP contribution < -0.4 is 0 Å². The molecule has 0 rings (SSSR count). The Bertz CT molecular complexity index is 453. The first-order chi connectivity index (χ1) is 17.0. The molecular weight excluding hydrogens is 448 g/mol. The Labute approximate surface area is 215 Å². The number of rotatable bonds is 23. The zero-order valence-corrected chi connectivity index (χ0v) is 23.7. The molecule has 0 radical (unpaired) electrons. The molecule has 0 aliphatic rings. The molecule has 0 amide bonds. The fraction of sp³-hybridized carbons (Fsp3) is 0.929. The Hall–Kier alpha value is -1.18. The minimum atomic E-state index is -0.0834. The van der Waals surface area contributed by atoms with E-state index >= 15 is 0 Å². The van der Waals surface area contributed by atoms with Crippen molar-refractivity contribution in [2.24, 2.45) is 0 Å². The van der Waals surface area contributed by atoms with Gasteiger partial charge in [0.05, 0.1) is 32.0 Å². The van der Waals surface area contributed by atoms with Crippen LogP contribution in [-0.2, 0) is 33.3 Å². The van der Waals surface area contributed by atoms with Gasteiger partial charge in [-0.2, -0.15) is 0 Å². The number of hydrogen-bond acceptors (Lipinski definition) is 7. The van der Waals surface area contributed by atoms with Gasteiger partial charge in [-0.05, 0) is 58.8 Å². The summed E-state index contributed by atoms with van der Waals surface area (Å²) in [6, 6.07) is 0. The van der Waals surface area contributed by atoms with Crippen LogP contribution in [0.3, 0.4) is 0 Å². The van der Waals surface area contributed by atoms with Gasteiger partial charge in [0.25, 0.3) is 0 Å². The summed E-state index contributed by atoms with van der Waals surface area (Å²) < 4.78 is 26.2. The first kappa shape index (κ1) is 36.0. The van der Waals surface area contributed by atoms with Gasteiger partial charge in [0, 0.05) is 33.2 Å². The normalized spacial score (nSPS) is 11.6. The summed E-state index contributed by atoms with van der Waals surface area (Å²) in [5, 5.41) is 0. The molecule has 0 heterocycles. The monoisotopic (exact) mass is 504 g/mol. The topological polar surface area (TPSA) is 80.3 Å². The molecule has 0 aliphatic heterocycles. The van der Waals surface area contributed by atoms with Crippen LogP contribution in [0.5, 0.6) is 0 Å². The lowest BCUT2D eigenvalue weighted by molar-refractivity contribution is -0.144. The van der Waals surface area contributed by atoms with Crippen molar-refractivity contribution in [2.75, 3.05) is 40.1 Å². The van der Waals surface area contributed by atoms with E-state index in [0.29, 0.717) is 38.8 Å². The first-order valence-corrected chi connectivity index (χ1v) is 14.0. The molecule has 0 N–H and O–H groups in total. The molecule has 0 fully saturated rings. The van der Waals surface area contributed by atoms with E-state index in [1.807, 2.05) is 13.8 Å². The Balaban J connectivity index is 0. The van der Waals surface area contributed by atoms with Crippen LogP contribution >= 0.6 is 0 Å². The molecule has 0 aromatic heterocycles. The van der Waals surface area contributed by atoms with E-state index in [1.165, 1.54) is 0 Å². The molecule has 0 aliphatic carbocycles. The summed E-state index contributed by atoms with van der Waals surface area (Å²) >= 11 is 0. The highest BCUT2D eigenvalue weighted by Gasteiger charge is 2.06. The lowest BCUT2D eigenvalue weighted by Gasteiger charge is -2.14. The zero-order valence-electron chi connectivity index (χ0n) is 23.7. The molecule has 1 unspecified atom stereocenters. The smallest absolute Gasteiger partial charge is 0.305 e. The van der Waals surface area contributed by atoms with Gasteiger partial charge < -0.3 is 23.7 Å². The first-order valence-electron chi connectivity index (χ1n) is 14.0. The SMILES string of the molecule is CCOC(=O)CCCCCCOC(CC)CC.CCOC(=O)CCCCCCOC(CC)COC. The molecule has 0 aromatic rings. The van der Waals surface area contributed by atoms with Crippen molar-refractivity contribution in [2.45, 2.75) is 130 Å². The van der Waals surface area contributed by atoms with Crippen molar-refractivity contribution in [1.29, 1.82) is 0 Å². The van der Waals surface area contributed by atoms with E-state index in [0.717, 1.165) is 83.8 Å². The number of carbonyl (C=O) groups excluding carboxylic acids is 2. The van der Waals surface area contributed by atoms with E-state index in [1.54, 1.807) is 7.11 Å². The predicted molar refractivity (Wildman–Crippen MR) is 142 cm³/mol. The van der Waals surface area contributed by atoms with E-state index in [4.69, 9.17) is 23.7 Å². The molecule has 1 atom stereocenters. The van der Waals surface area contributed by atoms with Crippen LogP contribution in [0.2, 0.25) is 0 Å². The third-order valence-electron chi connectivity index (χ3n) is 5.59. The van der Waals surface area contributed by atoms with Crippen LogP contribution in [0.4, 0.5) is 0 Å². The number of esters is 2. The average molecular weight is 505 g/mol. The molecule has 0 saturated heterocycles. The van der Waals surface area contributed by atoms with Crippen LogP contribution in [0.25, 0.3) is 0 Å². The summed E-state index contributed by atoms with van der Waals surface area (Å²) in [6.07, 6.45) is 13.3. The zero-order chi connectivity index (χ0) is 26.6. The largest absolute Gasteiger partial charge is 0.466 e. The Morgan fingerprint density at radius 2 is 0.971 bits per heavy atom. The summed E-state index contributed by atoms with van der Waals surface area (Å²) in [5.41, 5.74) is 0. The van der Waals surface area contributed by atoms with Gasteiger partial charge in [-0.25, -0.2) is 0 Å². The predicted octanol–water partition coefficient (Wildman–Crippen LogP) is 6.65. The van der Waals surface area contributed by atoms with Crippen molar-refractivity contribution in [1.82, 2.24) is 0 Å². The Kier molecular flexibility index (Phi) is 29.9. The maximum atomic E-state index is 11.1. The number of hydrogen-bond donors (Lipinski definition) is 0. The van der Waals surface area contributed by atoms with Crippen molar-refractivity contribution >= 4 is 11.9 Å². The molecule has 7 nitrogen and oxygen atoms in total. The number of carbonyl (C=O) groups is 2. The summed E-state index contributed by atoms with van der Waals surface area (Å²) in [5.74, 6) is -0.152. The fourth-order valence-corrected chi connectivity index (χ4v) is 3.41. The van der Waals surface area contributed by atoms with Crippen molar-refractivity contribution in [3.8, 4) is 0 Å². The second-order valence-electron chi connectivity index (χ2n) is 8.60. The van der Waals surface area contributed by atoms with Crippen LogP contribution in [0.1, 0.15) is 118 Å². The highest BCUT2D eigenvalue weighted by atomic mass is 16.5. The molecule has 0 aromatic carbocycles. The Morgan fingerprint density at radius 3 is 1.34 bits per heavy atom. The quantitative estimate of drug-likeness (QED) is 0.114. The third-order valence-corrected chi connectivity index (χ3v) is 5.59. The van der Waals surface area contributed by atoms with Gasteiger partial charge in [0.1, 0.15) is 0 Å². The molecule has 35 heavy (non-hydrogen) atoms. The third kappa shape index (κ3) is 27.3. The molecule has 0 saturated carbocycles.